The molecule has 0 saturated carbocycles. The highest BCUT2D eigenvalue weighted by molar-refractivity contribution is 5.27. The van der Waals surface area contributed by atoms with E-state index in [0.29, 0.717) is 30.9 Å². The number of rotatable bonds is 8. The van der Waals surface area contributed by atoms with E-state index >= 15 is 0 Å². The van der Waals surface area contributed by atoms with Gasteiger partial charge in [0.05, 0.1) is 13.2 Å². The minimum Gasteiger partial charge on any atom is -0.394 e. The fourth-order valence-corrected chi connectivity index (χ4v) is 1.76. The van der Waals surface area contributed by atoms with Gasteiger partial charge in [0.15, 0.2) is 0 Å². The second-order valence-electron chi connectivity index (χ2n) is 4.49. The van der Waals surface area contributed by atoms with Crippen LogP contribution in [-0.2, 0) is 4.74 Å². The zero-order chi connectivity index (χ0) is 14.3. The van der Waals surface area contributed by atoms with E-state index in [-0.39, 0.29) is 12.6 Å². The quantitative estimate of drug-likeness (QED) is 0.714. The van der Waals surface area contributed by atoms with Crippen LogP contribution in [-0.4, -0.2) is 31.5 Å². The molecule has 1 atom stereocenters. The SMILES string of the molecule is Cc1cc(F)c(C(C)NCCCOCCO)cc1F. The highest BCUT2D eigenvalue weighted by atomic mass is 19.1. The first kappa shape index (κ1) is 16.0. The minimum absolute atomic E-state index is 0.0116. The minimum atomic E-state index is -0.393. The van der Waals surface area contributed by atoms with Crippen LogP contribution in [0.2, 0.25) is 0 Å². The van der Waals surface area contributed by atoms with E-state index in [2.05, 4.69) is 5.32 Å². The van der Waals surface area contributed by atoms with Crippen molar-refractivity contribution in [2.45, 2.75) is 26.3 Å². The molecule has 0 aromatic heterocycles. The molecule has 0 spiro atoms. The molecule has 5 heteroatoms. The van der Waals surface area contributed by atoms with Gasteiger partial charge in [-0.25, -0.2) is 8.78 Å². The van der Waals surface area contributed by atoms with E-state index in [0.717, 1.165) is 6.42 Å². The standard InChI is InChI=1S/C14H21F2NO2/c1-10-8-14(16)12(9-13(10)15)11(2)17-4-3-6-19-7-5-18/h8-9,11,17-18H,3-7H2,1-2H3. The lowest BCUT2D eigenvalue weighted by molar-refractivity contribution is 0.0904. The number of nitrogens with one attached hydrogen (secondary N) is 1. The normalized spacial score (nSPS) is 12.7. The van der Waals surface area contributed by atoms with E-state index in [1.165, 1.54) is 12.1 Å². The third-order valence-electron chi connectivity index (χ3n) is 2.90. The van der Waals surface area contributed by atoms with Crippen LogP contribution in [0.4, 0.5) is 8.78 Å². The first-order chi connectivity index (χ1) is 9.06. The summed E-state index contributed by atoms with van der Waals surface area (Å²) >= 11 is 0. The lowest BCUT2D eigenvalue weighted by atomic mass is 10.0. The summed E-state index contributed by atoms with van der Waals surface area (Å²) in [5.74, 6) is -0.785. The average molecular weight is 273 g/mol. The summed E-state index contributed by atoms with van der Waals surface area (Å²) < 4.78 is 32.2. The van der Waals surface area contributed by atoms with E-state index < -0.39 is 11.6 Å². The fraction of sp³-hybridized carbons (Fsp3) is 0.571. The third-order valence-corrected chi connectivity index (χ3v) is 2.90. The van der Waals surface area contributed by atoms with Crippen molar-refractivity contribution in [1.82, 2.24) is 5.32 Å². The van der Waals surface area contributed by atoms with Crippen LogP contribution in [0, 0.1) is 18.6 Å². The molecule has 0 bridgehead atoms. The molecule has 2 N–H and O–H groups in total. The summed E-state index contributed by atoms with van der Waals surface area (Å²) in [6.45, 7) is 4.85. The summed E-state index contributed by atoms with van der Waals surface area (Å²) in [5, 5.41) is 11.6. The van der Waals surface area contributed by atoms with Gasteiger partial charge in [-0.05, 0) is 44.5 Å². The van der Waals surface area contributed by atoms with Gasteiger partial charge in [-0.15, -0.1) is 0 Å². The van der Waals surface area contributed by atoms with E-state index in [1.54, 1.807) is 13.8 Å². The summed E-state index contributed by atoms with van der Waals surface area (Å²) in [6.07, 6.45) is 0.750. The Hall–Kier alpha value is -1.04. The molecule has 0 heterocycles. The number of halogens is 2. The van der Waals surface area contributed by atoms with Crippen molar-refractivity contribution in [2.24, 2.45) is 0 Å². The zero-order valence-corrected chi connectivity index (χ0v) is 11.4. The van der Waals surface area contributed by atoms with Crippen LogP contribution in [0.15, 0.2) is 12.1 Å². The number of aliphatic hydroxyl groups is 1. The highest BCUT2D eigenvalue weighted by Crippen LogP contribution is 2.20. The number of hydrogen-bond donors (Lipinski definition) is 2. The van der Waals surface area contributed by atoms with Crippen molar-refractivity contribution in [1.29, 1.82) is 0 Å². The lowest BCUT2D eigenvalue weighted by Gasteiger charge is -2.16. The Morgan fingerprint density at radius 1 is 1.26 bits per heavy atom. The van der Waals surface area contributed by atoms with Crippen molar-refractivity contribution in [3.05, 3.63) is 34.9 Å². The topological polar surface area (TPSA) is 41.5 Å². The molecular formula is C14H21F2NO2. The Balaban J connectivity index is 2.41. The van der Waals surface area contributed by atoms with Crippen molar-refractivity contribution in [3.63, 3.8) is 0 Å². The Morgan fingerprint density at radius 3 is 2.68 bits per heavy atom. The van der Waals surface area contributed by atoms with E-state index in [9.17, 15) is 8.78 Å². The maximum atomic E-state index is 13.7. The summed E-state index contributed by atoms with van der Waals surface area (Å²) in [7, 11) is 0. The Kier molecular flexibility index (Phi) is 6.91. The molecule has 0 amide bonds. The Labute approximate surface area is 112 Å². The van der Waals surface area contributed by atoms with Gasteiger partial charge in [0.1, 0.15) is 11.6 Å². The smallest absolute Gasteiger partial charge is 0.128 e. The monoisotopic (exact) mass is 273 g/mol. The molecule has 3 nitrogen and oxygen atoms in total. The molecule has 1 rings (SSSR count). The highest BCUT2D eigenvalue weighted by Gasteiger charge is 2.13. The molecule has 0 fully saturated rings. The van der Waals surface area contributed by atoms with Crippen LogP contribution < -0.4 is 5.32 Å². The molecular weight excluding hydrogens is 252 g/mol. The number of aryl methyl sites for hydroxylation is 1. The van der Waals surface area contributed by atoms with Gasteiger partial charge in [0.25, 0.3) is 0 Å². The molecule has 0 aliphatic rings. The molecule has 108 valence electrons. The molecule has 1 aromatic rings. The van der Waals surface area contributed by atoms with Crippen molar-refractivity contribution >= 4 is 0 Å². The van der Waals surface area contributed by atoms with Gasteiger partial charge in [-0.3, -0.25) is 0 Å². The van der Waals surface area contributed by atoms with Gasteiger partial charge in [0.2, 0.25) is 0 Å². The predicted molar refractivity (Wildman–Crippen MR) is 70.0 cm³/mol. The maximum absolute atomic E-state index is 13.7. The van der Waals surface area contributed by atoms with E-state index in [4.69, 9.17) is 9.84 Å². The number of hydrogen-bond acceptors (Lipinski definition) is 3. The van der Waals surface area contributed by atoms with Crippen LogP contribution in [0.1, 0.15) is 30.5 Å². The van der Waals surface area contributed by atoms with Gasteiger partial charge < -0.3 is 15.2 Å². The molecule has 19 heavy (non-hydrogen) atoms. The van der Waals surface area contributed by atoms with Crippen LogP contribution in [0.25, 0.3) is 0 Å². The first-order valence-corrected chi connectivity index (χ1v) is 6.43. The van der Waals surface area contributed by atoms with Gasteiger partial charge in [-0.1, -0.05) is 0 Å². The summed E-state index contributed by atoms with van der Waals surface area (Å²) in [4.78, 5) is 0. The zero-order valence-electron chi connectivity index (χ0n) is 11.4. The van der Waals surface area contributed by atoms with E-state index in [1.807, 2.05) is 0 Å². The lowest BCUT2D eigenvalue weighted by Crippen LogP contribution is -2.22. The second-order valence-corrected chi connectivity index (χ2v) is 4.49. The Bertz CT molecular complexity index is 399. The van der Waals surface area contributed by atoms with Crippen molar-refractivity contribution in [2.75, 3.05) is 26.4 Å². The largest absolute Gasteiger partial charge is 0.394 e. The number of aliphatic hydroxyl groups excluding tert-OH is 1. The predicted octanol–water partition coefficient (Wildman–Crippen LogP) is 2.32. The molecule has 0 aliphatic heterocycles. The van der Waals surface area contributed by atoms with Crippen LogP contribution in [0.5, 0.6) is 0 Å². The maximum Gasteiger partial charge on any atom is 0.128 e. The van der Waals surface area contributed by atoms with Gasteiger partial charge in [0, 0.05) is 18.2 Å². The molecule has 0 aliphatic carbocycles. The number of ether oxygens (including phenoxy) is 1. The average Bonchev–Trinajstić information content (AvgIpc) is 2.37. The molecule has 0 saturated heterocycles. The van der Waals surface area contributed by atoms with Gasteiger partial charge >= 0.3 is 0 Å². The van der Waals surface area contributed by atoms with Crippen LogP contribution in [0.3, 0.4) is 0 Å². The summed E-state index contributed by atoms with van der Waals surface area (Å²) in [6, 6.07) is 2.20. The first-order valence-electron chi connectivity index (χ1n) is 6.43. The fourth-order valence-electron chi connectivity index (χ4n) is 1.76. The van der Waals surface area contributed by atoms with Crippen LogP contribution >= 0.6 is 0 Å². The second kappa shape index (κ2) is 8.19. The molecule has 0 radical (unpaired) electrons. The van der Waals surface area contributed by atoms with Gasteiger partial charge in [-0.2, -0.15) is 0 Å². The number of benzene rings is 1. The molecule has 1 aromatic carbocycles. The van der Waals surface area contributed by atoms with Crippen molar-refractivity contribution in [3.8, 4) is 0 Å². The molecule has 1 unspecified atom stereocenters. The van der Waals surface area contributed by atoms with Crippen molar-refractivity contribution < 1.29 is 18.6 Å². The Morgan fingerprint density at radius 2 is 2.00 bits per heavy atom. The third kappa shape index (κ3) is 5.22. The summed E-state index contributed by atoms with van der Waals surface area (Å²) in [5.41, 5.74) is 0.644.